The van der Waals surface area contributed by atoms with Gasteiger partial charge in [-0.05, 0) is 0 Å². The van der Waals surface area contributed by atoms with Gasteiger partial charge >= 0.3 is 0 Å². The van der Waals surface area contributed by atoms with Gasteiger partial charge in [-0.3, -0.25) is 0 Å². The van der Waals surface area contributed by atoms with Crippen LogP contribution in [0.4, 0.5) is 0 Å². The van der Waals surface area contributed by atoms with Crippen LogP contribution < -0.4 is 0 Å². The Hall–Kier alpha value is 0. The van der Waals surface area contributed by atoms with Crippen LogP contribution in [0, 0.1) is 0 Å². The van der Waals surface area contributed by atoms with Crippen LogP contribution in [0.5, 0.6) is 0 Å². The van der Waals surface area contributed by atoms with Gasteiger partial charge in [-0.25, -0.2) is 0 Å². The van der Waals surface area contributed by atoms with Gasteiger partial charge in [0.05, 0.1) is 0 Å². The molecule has 0 heterocycles. The van der Waals surface area contributed by atoms with Crippen LogP contribution in [0.25, 0.3) is 0 Å². The van der Waals surface area contributed by atoms with Gasteiger partial charge in [0.2, 0.25) is 0 Å². The molecule has 0 aliphatic heterocycles. The topological polar surface area (TPSA) is 0 Å². The molecule has 26 valence electrons. The molecule has 0 amide bonds. The van der Waals surface area contributed by atoms with Crippen LogP contribution in [-0.2, 0) is 0 Å². The predicted molar refractivity (Wildman–Crippen MR) is 20.6 cm³/mol. The van der Waals surface area contributed by atoms with E-state index in [9.17, 15) is 0 Å². The lowest BCUT2D eigenvalue weighted by atomic mass is 10.4. The zero-order chi connectivity index (χ0) is 4.28. The Bertz CT molecular complexity index is 17.6. The molecular formula is C4H10. The van der Waals surface area contributed by atoms with E-state index < -0.39 is 0 Å². The van der Waals surface area contributed by atoms with Crippen molar-refractivity contribution in [3.05, 3.63) is 0 Å². The highest BCUT2D eigenvalue weighted by atomic mass is 13.6. The smallest absolute Gasteiger partial charge is 0.0264 e. The fourth-order valence-electron chi connectivity index (χ4n) is 0. The second-order valence-corrected chi connectivity index (χ2v) is 0.816. The molecule has 0 saturated carbocycles. The maximum atomic E-state index is 6.83. The molecule has 0 aromatic heterocycles. The Morgan fingerprint density at radius 1 is 1.75 bits per heavy atom. The predicted octanol–water partition coefficient (Wildman–Crippen LogP) is 1.81. The Labute approximate surface area is 29.2 Å². The third-order valence-electron chi connectivity index (χ3n) is 0.408. The van der Waals surface area contributed by atoms with Crippen LogP contribution in [0.2, 0.25) is 0 Å². The van der Waals surface area contributed by atoms with Crippen molar-refractivity contribution in [2.75, 3.05) is 0 Å². The van der Waals surface area contributed by atoms with Crippen molar-refractivity contribution in [2.45, 2.75) is 26.7 Å². The van der Waals surface area contributed by atoms with E-state index in [0.29, 0.717) is 0 Å². The quantitative estimate of drug-likeness (QED) is 0.432. The number of rotatable bonds is 1. The van der Waals surface area contributed by atoms with Crippen LogP contribution in [0.15, 0.2) is 0 Å². The monoisotopic (exact) mass is 59.1 g/mol. The molecule has 0 N–H and O–H groups in total. The van der Waals surface area contributed by atoms with E-state index in [-0.39, 0.29) is 6.40 Å². The second kappa shape index (κ2) is 3.00. The summed E-state index contributed by atoms with van der Waals surface area (Å²) < 4.78 is 6.83. The van der Waals surface area contributed by atoms with Gasteiger partial charge in [0.1, 0.15) is 0 Å². The van der Waals surface area contributed by atoms with E-state index in [1.807, 2.05) is 13.8 Å². The molecule has 0 aromatic carbocycles. The van der Waals surface area contributed by atoms with E-state index in [2.05, 4.69) is 0 Å². The largest absolute Gasteiger partial charge is 0.0654 e. The van der Waals surface area contributed by atoms with Crippen molar-refractivity contribution >= 4 is 0 Å². The standard InChI is InChI=1S/C4H10/c1-3-4-2/h3-4H2,1-2H3/i3D/t3-/m1/s1. The summed E-state index contributed by atoms with van der Waals surface area (Å²) in [7, 11) is 0. The first-order chi connectivity index (χ1) is 2.27. The zero-order valence-electron chi connectivity index (χ0n) is 4.28. The molecule has 0 spiro atoms. The fourth-order valence-corrected chi connectivity index (χ4v) is 0. The van der Waals surface area contributed by atoms with Gasteiger partial charge in [0.15, 0.2) is 0 Å². The van der Waals surface area contributed by atoms with Gasteiger partial charge in [-0.1, -0.05) is 26.7 Å². The maximum Gasteiger partial charge on any atom is 0.0264 e. The first kappa shape index (κ1) is 2.25. The van der Waals surface area contributed by atoms with E-state index in [1.54, 1.807) is 0 Å². The van der Waals surface area contributed by atoms with Crippen molar-refractivity contribution in [2.24, 2.45) is 0 Å². The van der Waals surface area contributed by atoms with Crippen LogP contribution in [-0.4, -0.2) is 0 Å². The third kappa shape index (κ3) is 2.00. The van der Waals surface area contributed by atoms with Gasteiger partial charge in [-0.15, -0.1) is 0 Å². The van der Waals surface area contributed by atoms with E-state index in [0.717, 1.165) is 6.42 Å². The Morgan fingerprint density at radius 2 is 2.00 bits per heavy atom. The Balaban J connectivity index is 2.54. The SMILES string of the molecule is [2H][C@H](C)CC. The van der Waals surface area contributed by atoms with Crippen LogP contribution in [0.1, 0.15) is 28.0 Å². The molecular weight excluding hydrogens is 48.0 g/mol. The average Bonchev–Trinajstić information content (AvgIpc) is 1.38. The van der Waals surface area contributed by atoms with Gasteiger partial charge in [-0.2, -0.15) is 0 Å². The Morgan fingerprint density at radius 3 is 2.00 bits per heavy atom. The highest BCUT2D eigenvalue weighted by Gasteiger charge is 1.56. The molecule has 0 fully saturated rings. The highest BCUT2D eigenvalue weighted by molar-refractivity contribution is 4.12. The summed E-state index contributed by atoms with van der Waals surface area (Å²) in [6, 6.07) is 0. The maximum absolute atomic E-state index is 6.83. The van der Waals surface area contributed by atoms with Gasteiger partial charge < -0.3 is 0 Å². The average molecular weight is 59.1 g/mol. The minimum atomic E-state index is 0.134. The summed E-state index contributed by atoms with van der Waals surface area (Å²) in [5, 5.41) is 0. The van der Waals surface area contributed by atoms with E-state index in [1.165, 1.54) is 0 Å². The van der Waals surface area contributed by atoms with Crippen molar-refractivity contribution in [3.63, 3.8) is 0 Å². The summed E-state index contributed by atoms with van der Waals surface area (Å²) in [5.41, 5.74) is 0. The molecule has 0 nitrogen and oxygen atoms in total. The van der Waals surface area contributed by atoms with Crippen LogP contribution in [0.3, 0.4) is 0 Å². The summed E-state index contributed by atoms with van der Waals surface area (Å²) in [4.78, 5) is 0. The van der Waals surface area contributed by atoms with Crippen molar-refractivity contribution in [3.8, 4) is 0 Å². The molecule has 0 aliphatic rings. The van der Waals surface area contributed by atoms with Gasteiger partial charge in [0, 0.05) is 1.37 Å². The van der Waals surface area contributed by atoms with Crippen molar-refractivity contribution < 1.29 is 1.37 Å². The molecule has 0 bridgehead atoms. The molecule has 4 heavy (non-hydrogen) atoms. The second-order valence-electron chi connectivity index (χ2n) is 0.816. The van der Waals surface area contributed by atoms with E-state index in [4.69, 9.17) is 1.37 Å². The molecule has 0 rings (SSSR count). The third-order valence-corrected chi connectivity index (χ3v) is 0.408. The first-order valence-corrected chi connectivity index (χ1v) is 1.69. The molecule has 0 radical (unpaired) electrons. The normalized spacial score (nSPS) is 19.0. The summed E-state index contributed by atoms with van der Waals surface area (Å²) in [6.45, 7) is 3.90. The van der Waals surface area contributed by atoms with Crippen molar-refractivity contribution in [1.29, 1.82) is 0 Å². The summed E-state index contributed by atoms with van der Waals surface area (Å²) >= 11 is 0. The fraction of sp³-hybridized carbons (Fsp3) is 1.00. The van der Waals surface area contributed by atoms with Gasteiger partial charge in [0.25, 0.3) is 0 Å². The molecule has 0 heteroatoms. The highest BCUT2D eigenvalue weighted by Crippen LogP contribution is 1.76. The van der Waals surface area contributed by atoms with E-state index >= 15 is 0 Å². The molecule has 1 atom stereocenters. The lowest BCUT2D eigenvalue weighted by molar-refractivity contribution is 0.886. The lowest BCUT2D eigenvalue weighted by Crippen LogP contribution is -1.47. The number of hydrogen-bond donors (Lipinski definition) is 0. The minimum Gasteiger partial charge on any atom is -0.0654 e. The Kier molecular flexibility index (Phi) is 1.69. The first-order valence-electron chi connectivity index (χ1n) is 2.27. The van der Waals surface area contributed by atoms with Crippen LogP contribution >= 0.6 is 0 Å². The number of hydrogen-bond acceptors (Lipinski definition) is 0. The molecule has 0 aliphatic carbocycles. The molecule has 0 unspecified atom stereocenters. The molecule has 0 aromatic rings. The lowest BCUT2D eigenvalue weighted by Gasteiger charge is -1.68. The minimum absolute atomic E-state index is 0.134. The summed E-state index contributed by atoms with van der Waals surface area (Å²) in [5.74, 6) is 0. The van der Waals surface area contributed by atoms with Crippen molar-refractivity contribution in [1.82, 2.24) is 0 Å². The zero-order valence-corrected chi connectivity index (χ0v) is 3.28. The molecule has 0 saturated heterocycles. The summed E-state index contributed by atoms with van der Waals surface area (Å²) in [6.07, 6.45) is 1.11.